The zero-order valence-corrected chi connectivity index (χ0v) is 16.2. The molecule has 0 aliphatic carbocycles. The Bertz CT molecular complexity index is 1110. The first-order valence-corrected chi connectivity index (χ1v) is 9.55. The average molecular weight is 375 g/mol. The highest BCUT2D eigenvalue weighted by Crippen LogP contribution is 2.21. The minimum atomic E-state index is 0.738. The summed E-state index contributed by atoms with van der Waals surface area (Å²) in [5.74, 6) is 1.73. The van der Waals surface area contributed by atoms with Crippen LogP contribution >= 0.6 is 0 Å². The van der Waals surface area contributed by atoms with Crippen molar-refractivity contribution >= 4 is 22.5 Å². The van der Waals surface area contributed by atoms with E-state index in [1.54, 1.807) is 7.05 Å². The predicted octanol–water partition coefficient (Wildman–Crippen LogP) is 2.47. The number of pyridine rings is 1. The van der Waals surface area contributed by atoms with Crippen LogP contribution in [0.3, 0.4) is 0 Å². The molecule has 0 saturated carbocycles. The largest absolute Gasteiger partial charge is 0.361 e. The zero-order chi connectivity index (χ0) is 19.3. The van der Waals surface area contributed by atoms with E-state index in [0.29, 0.717) is 0 Å². The second-order valence-corrected chi connectivity index (χ2v) is 6.78. The molecule has 4 rings (SSSR count). The Morgan fingerprint density at radius 1 is 1.07 bits per heavy atom. The number of aromatic amines is 1. The van der Waals surface area contributed by atoms with Crippen LogP contribution in [0.5, 0.6) is 0 Å². The highest BCUT2D eigenvalue weighted by Gasteiger charge is 2.07. The molecule has 7 heteroatoms. The summed E-state index contributed by atoms with van der Waals surface area (Å²) in [6.45, 7) is 3.68. The fourth-order valence-corrected chi connectivity index (χ4v) is 3.46. The van der Waals surface area contributed by atoms with Crippen LogP contribution in [0.4, 0.5) is 0 Å². The lowest BCUT2D eigenvalue weighted by Crippen LogP contribution is -2.39. The van der Waals surface area contributed by atoms with Crippen molar-refractivity contribution in [3.05, 3.63) is 65.7 Å². The molecule has 0 unspecified atom stereocenters. The highest BCUT2D eigenvalue weighted by atomic mass is 15.2. The summed E-state index contributed by atoms with van der Waals surface area (Å²) in [6.07, 6.45) is 5.79. The third kappa shape index (κ3) is 3.69. The van der Waals surface area contributed by atoms with Crippen LogP contribution in [0, 0.1) is 6.92 Å². The number of benzene rings is 1. The lowest BCUT2D eigenvalue weighted by atomic mass is 10.1. The molecule has 0 aliphatic heterocycles. The molecule has 4 aromatic rings. The van der Waals surface area contributed by atoms with Crippen molar-refractivity contribution in [1.82, 2.24) is 30.2 Å². The molecule has 7 nitrogen and oxygen atoms in total. The Labute approximate surface area is 163 Å². The van der Waals surface area contributed by atoms with Gasteiger partial charge in [0.1, 0.15) is 5.82 Å². The molecule has 0 radical (unpaired) electrons. The van der Waals surface area contributed by atoms with E-state index in [1.165, 1.54) is 22.0 Å². The second kappa shape index (κ2) is 8.12. The summed E-state index contributed by atoms with van der Waals surface area (Å²) in [6, 6.07) is 12.3. The molecule has 0 spiro atoms. The van der Waals surface area contributed by atoms with E-state index in [2.05, 4.69) is 62.1 Å². The smallest absolute Gasteiger partial charge is 0.191 e. The summed E-state index contributed by atoms with van der Waals surface area (Å²) >= 11 is 0. The number of aryl methyl sites for hydroxylation is 1. The Hall–Kier alpha value is -3.35. The van der Waals surface area contributed by atoms with Crippen molar-refractivity contribution in [3.63, 3.8) is 0 Å². The fraction of sp³-hybridized carbons (Fsp3) is 0.286. The lowest BCUT2D eigenvalue weighted by molar-refractivity contribution is 0.757. The molecule has 1 aromatic carbocycles. The number of nitrogens with zero attached hydrogens (tertiary/aromatic N) is 4. The molecule has 28 heavy (non-hydrogen) atoms. The Morgan fingerprint density at radius 3 is 2.79 bits per heavy atom. The van der Waals surface area contributed by atoms with Gasteiger partial charge in [-0.2, -0.15) is 0 Å². The molecule has 0 fully saturated rings. The van der Waals surface area contributed by atoms with Gasteiger partial charge in [-0.1, -0.05) is 24.3 Å². The maximum Gasteiger partial charge on any atom is 0.191 e. The number of rotatable bonds is 6. The standard InChI is InChI=1S/C21H25N7/c1-15-6-5-7-17-16(14-25-20(15)17)9-11-23-21(22-2)24-12-10-19-27-26-18-8-3-4-13-28(18)19/h3-8,13-14,25H,9-12H2,1-2H3,(H2,22,23,24). The molecular weight excluding hydrogens is 350 g/mol. The van der Waals surface area contributed by atoms with E-state index in [-0.39, 0.29) is 0 Å². The third-order valence-electron chi connectivity index (χ3n) is 4.95. The molecule has 0 aliphatic rings. The number of para-hydroxylation sites is 1. The quantitative estimate of drug-likeness (QED) is 0.357. The number of H-pyrrole nitrogens is 1. The van der Waals surface area contributed by atoms with E-state index < -0.39 is 0 Å². The number of hydrogen-bond donors (Lipinski definition) is 3. The molecule has 0 amide bonds. The number of hydrogen-bond acceptors (Lipinski definition) is 3. The number of fused-ring (bicyclic) bond motifs is 2. The van der Waals surface area contributed by atoms with Gasteiger partial charge >= 0.3 is 0 Å². The molecule has 3 aromatic heterocycles. The zero-order valence-electron chi connectivity index (χ0n) is 16.2. The first-order chi connectivity index (χ1) is 13.8. The minimum absolute atomic E-state index is 0.738. The van der Waals surface area contributed by atoms with Crippen molar-refractivity contribution in [2.24, 2.45) is 4.99 Å². The summed E-state index contributed by atoms with van der Waals surface area (Å²) in [5, 5.41) is 16.5. The number of nitrogens with one attached hydrogen (secondary N) is 3. The number of aromatic nitrogens is 4. The Morgan fingerprint density at radius 2 is 1.93 bits per heavy atom. The van der Waals surface area contributed by atoms with Gasteiger partial charge in [0.15, 0.2) is 11.6 Å². The van der Waals surface area contributed by atoms with Gasteiger partial charge in [-0.05, 0) is 36.6 Å². The summed E-state index contributed by atoms with van der Waals surface area (Å²) in [4.78, 5) is 7.69. The van der Waals surface area contributed by atoms with Crippen molar-refractivity contribution in [3.8, 4) is 0 Å². The van der Waals surface area contributed by atoms with Crippen LogP contribution in [0.25, 0.3) is 16.6 Å². The van der Waals surface area contributed by atoms with E-state index >= 15 is 0 Å². The van der Waals surface area contributed by atoms with E-state index in [0.717, 1.165) is 43.4 Å². The van der Waals surface area contributed by atoms with Crippen LogP contribution in [-0.4, -0.2) is 45.7 Å². The van der Waals surface area contributed by atoms with Gasteiger partial charge in [0.25, 0.3) is 0 Å². The van der Waals surface area contributed by atoms with Crippen molar-refractivity contribution in [1.29, 1.82) is 0 Å². The van der Waals surface area contributed by atoms with Crippen molar-refractivity contribution in [2.45, 2.75) is 19.8 Å². The maximum atomic E-state index is 4.31. The molecular formula is C21H25N7. The molecule has 144 valence electrons. The topological polar surface area (TPSA) is 82.4 Å². The Kier molecular flexibility index (Phi) is 5.23. The molecule has 0 bridgehead atoms. The highest BCUT2D eigenvalue weighted by molar-refractivity contribution is 5.86. The van der Waals surface area contributed by atoms with Gasteiger partial charge in [-0.3, -0.25) is 9.39 Å². The van der Waals surface area contributed by atoms with Crippen molar-refractivity contribution < 1.29 is 0 Å². The Balaban J connectivity index is 1.28. The third-order valence-corrected chi connectivity index (χ3v) is 4.95. The van der Waals surface area contributed by atoms with Crippen LogP contribution in [-0.2, 0) is 12.8 Å². The van der Waals surface area contributed by atoms with Crippen LogP contribution < -0.4 is 10.6 Å². The van der Waals surface area contributed by atoms with Gasteiger partial charge in [0.2, 0.25) is 0 Å². The summed E-state index contributed by atoms with van der Waals surface area (Å²) < 4.78 is 2.01. The predicted molar refractivity (Wildman–Crippen MR) is 113 cm³/mol. The van der Waals surface area contributed by atoms with Crippen LogP contribution in [0.2, 0.25) is 0 Å². The average Bonchev–Trinajstić information content (AvgIpc) is 3.32. The van der Waals surface area contributed by atoms with Gasteiger partial charge in [0.05, 0.1) is 0 Å². The molecule has 0 atom stereocenters. The summed E-state index contributed by atoms with van der Waals surface area (Å²) in [7, 11) is 1.79. The minimum Gasteiger partial charge on any atom is -0.361 e. The van der Waals surface area contributed by atoms with Crippen LogP contribution in [0.1, 0.15) is 17.0 Å². The van der Waals surface area contributed by atoms with Crippen LogP contribution in [0.15, 0.2) is 53.8 Å². The lowest BCUT2D eigenvalue weighted by Gasteiger charge is -2.11. The monoisotopic (exact) mass is 375 g/mol. The van der Waals surface area contributed by atoms with Gasteiger partial charge in [-0.25, -0.2) is 0 Å². The SMILES string of the molecule is CN=C(NCCc1c[nH]c2c(C)cccc12)NCCc1nnc2ccccn12. The fourth-order valence-electron chi connectivity index (χ4n) is 3.46. The number of guanidine groups is 1. The molecule has 3 heterocycles. The first-order valence-electron chi connectivity index (χ1n) is 9.55. The second-order valence-electron chi connectivity index (χ2n) is 6.78. The van der Waals surface area contributed by atoms with Gasteiger partial charge in [0, 0.05) is 49.9 Å². The summed E-state index contributed by atoms with van der Waals surface area (Å²) in [5.41, 5.74) is 4.68. The van der Waals surface area contributed by atoms with E-state index in [9.17, 15) is 0 Å². The van der Waals surface area contributed by atoms with Gasteiger partial charge in [-0.15, -0.1) is 10.2 Å². The van der Waals surface area contributed by atoms with E-state index in [4.69, 9.17) is 0 Å². The number of aliphatic imine (C=N–C) groups is 1. The maximum absolute atomic E-state index is 4.31. The normalized spacial score (nSPS) is 12.0. The van der Waals surface area contributed by atoms with Gasteiger partial charge < -0.3 is 15.6 Å². The molecule has 3 N–H and O–H groups in total. The van der Waals surface area contributed by atoms with E-state index in [1.807, 2.05) is 28.8 Å². The van der Waals surface area contributed by atoms with Crippen molar-refractivity contribution in [2.75, 3.05) is 20.1 Å². The first kappa shape index (κ1) is 18.0. The molecule has 0 saturated heterocycles.